The second-order valence-corrected chi connectivity index (χ2v) is 4.70. The van der Waals surface area contributed by atoms with Gasteiger partial charge in [0.15, 0.2) is 0 Å². The van der Waals surface area contributed by atoms with Crippen LogP contribution in [0.4, 0.5) is 0 Å². The molecule has 1 aromatic carbocycles. The van der Waals surface area contributed by atoms with Gasteiger partial charge >= 0.3 is 0 Å². The molecule has 1 aromatic rings. The summed E-state index contributed by atoms with van der Waals surface area (Å²) in [6.07, 6.45) is 0. The fraction of sp³-hybridized carbons (Fsp3) is 0.600. The molecule has 0 spiro atoms. The molecule has 0 aliphatic heterocycles. The van der Waals surface area contributed by atoms with Crippen molar-refractivity contribution < 1.29 is 9.47 Å². The summed E-state index contributed by atoms with van der Waals surface area (Å²) < 4.78 is 11.1. The topological polar surface area (TPSA) is 21.7 Å². The number of benzene rings is 1. The first-order chi connectivity index (χ1) is 8.63. The molecule has 102 valence electrons. The van der Waals surface area contributed by atoms with Crippen LogP contribution >= 0.6 is 0 Å². The minimum Gasteiger partial charge on any atom is -0.492 e. The predicted molar refractivity (Wildman–Crippen MR) is 75.0 cm³/mol. The van der Waals surface area contributed by atoms with E-state index < -0.39 is 0 Å². The molecule has 0 saturated carbocycles. The van der Waals surface area contributed by atoms with Crippen LogP contribution in [0.5, 0.6) is 5.75 Å². The Hall–Kier alpha value is -1.06. The summed E-state index contributed by atoms with van der Waals surface area (Å²) >= 11 is 0. The number of hydrogen-bond donors (Lipinski definition) is 0. The Morgan fingerprint density at radius 3 is 2.39 bits per heavy atom. The Morgan fingerprint density at radius 2 is 1.83 bits per heavy atom. The largest absolute Gasteiger partial charge is 0.492 e. The van der Waals surface area contributed by atoms with Crippen LogP contribution in [0.3, 0.4) is 0 Å². The maximum Gasteiger partial charge on any atom is 0.119 e. The van der Waals surface area contributed by atoms with Crippen molar-refractivity contribution in [3.8, 4) is 5.75 Å². The van der Waals surface area contributed by atoms with E-state index in [2.05, 4.69) is 37.9 Å². The van der Waals surface area contributed by atoms with Crippen LogP contribution in [0.15, 0.2) is 24.3 Å². The van der Waals surface area contributed by atoms with Crippen molar-refractivity contribution in [2.45, 2.75) is 33.4 Å². The van der Waals surface area contributed by atoms with Gasteiger partial charge in [-0.05, 0) is 45.5 Å². The van der Waals surface area contributed by atoms with Gasteiger partial charge in [-0.2, -0.15) is 0 Å². The maximum atomic E-state index is 5.70. The van der Waals surface area contributed by atoms with E-state index in [-0.39, 0.29) is 0 Å². The molecule has 0 N–H and O–H groups in total. The molecular weight excluding hydrogens is 226 g/mol. The van der Waals surface area contributed by atoms with Crippen molar-refractivity contribution in [1.29, 1.82) is 0 Å². The van der Waals surface area contributed by atoms with Gasteiger partial charge in [-0.25, -0.2) is 0 Å². The van der Waals surface area contributed by atoms with Crippen molar-refractivity contribution in [1.82, 2.24) is 4.90 Å². The van der Waals surface area contributed by atoms with E-state index in [1.54, 1.807) is 0 Å². The van der Waals surface area contributed by atoms with E-state index in [0.717, 1.165) is 25.5 Å². The zero-order chi connectivity index (χ0) is 13.4. The summed E-state index contributed by atoms with van der Waals surface area (Å²) in [5.41, 5.74) is 1.18. The van der Waals surface area contributed by atoms with E-state index in [9.17, 15) is 0 Å². The summed E-state index contributed by atoms with van der Waals surface area (Å²) in [4.78, 5) is 2.27. The normalized spacial score (nSPS) is 11.2. The van der Waals surface area contributed by atoms with Crippen LogP contribution in [-0.4, -0.2) is 37.7 Å². The van der Waals surface area contributed by atoms with Gasteiger partial charge in [-0.1, -0.05) is 12.1 Å². The van der Waals surface area contributed by atoms with Crippen molar-refractivity contribution in [2.75, 3.05) is 26.8 Å². The molecule has 3 heteroatoms. The third-order valence-corrected chi connectivity index (χ3v) is 2.99. The minimum absolute atomic E-state index is 0.558. The summed E-state index contributed by atoms with van der Waals surface area (Å²) in [7, 11) is 2.11. The summed E-state index contributed by atoms with van der Waals surface area (Å²) in [6, 6.07) is 8.67. The minimum atomic E-state index is 0.558. The highest BCUT2D eigenvalue weighted by molar-refractivity contribution is 5.26. The first kappa shape index (κ1) is 15.0. The second kappa shape index (κ2) is 8.11. The molecule has 0 radical (unpaired) electrons. The zero-order valence-corrected chi connectivity index (χ0v) is 12.0. The molecule has 18 heavy (non-hydrogen) atoms. The molecule has 1 rings (SSSR count). The van der Waals surface area contributed by atoms with Gasteiger partial charge in [0.25, 0.3) is 0 Å². The van der Waals surface area contributed by atoms with Crippen molar-refractivity contribution >= 4 is 0 Å². The van der Waals surface area contributed by atoms with Gasteiger partial charge in [0.2, 0.25) is 0 Å². The molecule has 0 aliphatic carbocycles. The highest BCUT2D eigenvalue weighted by Crippen LogP contribution is 2.12. The van der Waals surface area contributed by atoms with Gasteiger partial charge in [0.05, 0.1) is 6.61 Å². The second-order valence-electron chi connectivity index (χ2n) is 4.70. The van der Waals surface area contributed by atoms with E-state index >= 15 is 0 Å². The highest BCUT2D eigenvalue weighted by atomic mass is 16.5. The van der Waals surface area contributed by atoms with E-state index in [0.29, 0.717) is 12.6 Å². The molecule has 0 aromatic heterocycles. The quantitative estimate of drug-likeness (QED) is 0.709. The molecule has 0 amide bonds. The lowest BCUT2D eigenvalue weighted by molar-refractivity contribution is 0.134. The molecule has 0 saturated heterocycles. The van der Waals surface area contributed by atoms with E-state index in [1.165, 1.54) is 5.56 Å². The average molecular weight is 251 g/mol. The number of rotatable bonds is 8. The van der Waals surface area contributed by atoms with Crippen LogP contribution in [0.2, 0.25) is 0 Å². The highest BCUT2D eigenvalue weighted by Gasteiger charge is 2.02. The molecule has 0 heterocycles. The van der Waals surface area contributed by atoms with Crippen LogP contribution in [0.25, 0.3) is 0 Å². The Morgan fingerprint density at radius 1 is 1.17 bits per heavy atom. The molecule has 0 aliphatic rings. The lowest BCUT2D eigenvalue weighted by Gasteiger charge is -2.20. The standard InChI is InChI=1S/C15H25NO2/c1-5-17-12-14-6-8-15(9-7-14)18-11-10-16(4)13(2)3/h6-9,13H,5,10-12H2,1-4H3. The van der Waals surface area contributed by atoms with Crippen molar-refractivity contribution in [3.63, 3.8) is 0 Å². The Bertz CT molecular complexity index is 322. The van der Waals surface area contributed by atoms with Crippen molar-refractivity contribution in [3.05, 3.63) is 29.8 Å². The Labute approximate surface area is 111 Å². The van der Waals surface area contributed by atoms with E-state index in [4.69, 9.17) is 9.47 Å². The lowest BCUT2D eigenvalue weighted by atomic mass is 10.2. The van der Waals surface area contributed by atoms with Gasteiger partial charge in [0, 0.05) is 19.2 Å². The molecule has 0 unspecified atom stereocenters. The molecular formula is C15H25NO2. The SMILES string of the molecule is CCOCc1ccc(OCCN(C)C(C)C)cc1. The monoisotopic (exact) mass is 251 g/mol. The third kappa shape index (κ3) is 5.52. The molecule has 0 bridgehead atoms. The van der Waals surface area contributed by atoms with Crippen LogP contribution in [0.1, 0.15) is 26.3 Å². The molecule has 0 fully saturated rings. The zero-order valence-electron chi connectivity index (χ0n) is 12.0. The van der Waals surface area contributed by atoms with Gasteiger partial charge < -0.3 is 14.4 Å². The number of hydrogen-bond acceptors (Lipinski definition) is 3. The van der Waals surface area contributed by atoms with Crippen molar-refractivity contribution in [2.24, 2.45) is 0 Å². The van der Waals surface area contributed by atoms with Gasteiger partial charge in [-0.3, -0.25) is 0 Å². The summed E-state index contributed by atoms with van der Waals surface area (Å²) in [5.74, 6) is 0.924. The number of ether oxygens (including phenoxy) is 2. The van der Waals surface area contributed by atoms with Gasteiger partial charge in [0.1, 0.15) is 12.4 Å². The Kier molecular flexibility index (Phi) is 6.76. The number of nitrogens with zero attached hydrogens (tertiary/aromatic N) is 1. The fourth-order valence-corrected chi connectivity index (χ4v) is 1.47. The smallest absolute Gasteiger partial charge is 0.119 e. The van der Waals surface area contributed by atoms with Crippen LogP contribution in [-0.2, 0) is 11.3 Å². The van der Waals surface area contributed by atoms with Gasteiger partial charge in [-0.15, -0.1) is 0 Å². The first-order valence-corrected chi connectivity index (χ1v) is 6.63. The molecule has 0 atom stereocenters. The maximum absolute atomic E-state index is 5.70. The number of likely N-dealkylation sites (N-methyl/N-ethyl adjacent to an activating group) is 1. The summed E-state index contributed by atoms with van der Waals surface area (Å²) in [5, 5.41) is 0. The third-order valence-electron chi connectivity index (χ3n) is 2.99. The molecule has 3 nitrogen and oxygen atoms in total. The predicted octanol–water partition coefficient (Wildman–Crippen LogP) is 2.94. The fourth-order valence-electron chi connectivity index (χ4n) is 1.47. The van der Waals surface area contributed by atoms with Crippen LogP contribution < -0.4 is 4.74 Å². The Balaban J connectivity index is 2.30. The first-order valence-electron chi connectivity index (χ1n) is 6.63. The summed E-state index contributed by atoms with van der Waals surface area (Å²) in [6.45, 7) is 9.46. The lowest BCUT2D eigenvalue weighted by Crippen LogP contribution is -2.30. The average Bonchev–Trinajstić information content (AvgIpc) is 2.37. The van der Waals surface area contributed by atoms with E-state index in [1.807, 2.05) is 19.1 Å². The van der Waals surface area contributed by atoms with Crippen LogP contribution in [0, 0.1) is 0 Å².